The van der Waals surface area contributed by atoms with Crippen LogP contribution in [0.15, 0.2) is 47.1 Å². The summed E-state index contributed by atoms with van der Waals surface area (Å²) in [5, 5.41) is 12.7. The van der Waals surface area contributed by atoms with E-state index in [4.69, 9.17) is 9.15 Å². The fourth-order valence-electron chi connectivity index (χ4n) is 1.89. The number of benzene rings is 1. The fraction of sp³-hybridized carbons (Fsp3) is 0.312. The van der Waals surface area contributed by atoms with Crippen molar-refractivity contribution >= 4 is 5.91 Å². The number of hydrogen-bond donors (Lipinski definition) is 2. The van der Waals surface area contributed by atoms with Crippen LogP contribution in [0.3, 0.4) is 0 Å². The lowest BCUT2D eigenvalue weighted by molar-refractivity contribution is -0.126. The summed E-state index contributed by atoms with van der Waals surface area (Å²) in [6, 6.07) is 11.1. The SMILES string of the molecule is CCOCC(=O)NC[C@@H](O)c1ccc(-c2ccco2)cc1. The molecule has 0 aliphatic carbocycles. The molecule has 0 saturated carbocycles. The summed E-state index contributed by atoms with van der Waals surface area (Å²) in [4.78, 5) is 11.4. The normalized spacial score (nSPS) is 12.1. The monoisotopic (exact) mass is 289 g/mol. The number of rotatable bonds is 7. The zero-order chi connectivity index (χ0) is 15.1. The van der Waals surface area contributed by atoms with Crippen LogP contribution in [-0.2, 0) is 9.53 Å². The van der Waals surface area contributed by atoms with Crippen molar-refractivity contribution in [1.29, 1.82) is 0 Å². The molecule has 0 bridgehead atoms. The van der Waals surface area contributed by atoms with E-state index in [1.807, 2.05) is 43.3 Å². The van der Waals surface area contributed by atoms with Gasteiger partial charge >= 0.3 is 0 Å². The summed E-state index contributed by atoms with van der Waals surface area (Å²) < 4.78 is 10.3. The van der Waals surface area contributed by atoms with Gasteiger partial charge in [0.1, 0.15) is 12.4 Å². The number of furan rings is 1. The molecule has 1 aromatic heterocycles. The molecule has 21 heavy (non-hydrogen) atoms. The molecule has 2 rings (SSSR count). The molecule has 0 radical (unpaired) electrons. The van der Waals surface area contributed by atoms with E-state index in [0.717, 1.165) is 16.9 Å². The van der Waals surface area contributed by atoms with Gasteiger partial charge in [-0.25, -0.2) is 0 Å². The number of aliphatic hydroxyl groups excluding tert-OH is 1. The standard InChI is InChI=1S/C16H19NO4/c1-2-20-11-16(19)17-10-14(18)12-5-7-13(8-6-12)15-4-3-9-21-15/h3-9,14,18H,2,10-11H2,1H3,(H,17,19)/t14-/m1/s1. The molecule has 5 heteroatoms. The first-order valence-corrected chi connectivity index (χ1v) is 6.87. The van der Waals surface area contributed by atoms with Crippen LogP contribution in [0.4, 0.5) is 0 Å². The molecule has 1 heterocycles. The predicted molar refractivity (Wildman–Crippen MR) is 78.6 cm³/mol. The van der Waals surface area contributed by atoms with Gasteiger partial charge < -0.3 is 19.6 Å². The summed E-state index contributed by atoms with van der Waals surface area (Å²) in [6.07, 6.45) is 0.868. The smallest absolute Gasteiger partial charge is 0.246 e. The third kappa shape index (κ3) is 4.44. The fourth-order valence-corrected chi connectivity index (χ4v) is 1.89. The molecular formula is C16H19NO4. The van der Waals surface area contributed by atoms with Crippen molar-refractivity contribution < 1.29 is 19.1 Å². The molecule has 0 aliphatic rings. The van der Waals surface area contributed by atoms with Crippen molar-refractivity contribution in [2.24, 2.45) is 0 Å². The molecule has 2 N–H and O–H groups in total. The van der Waals surface area contributed by atoms with Crippen molar-refractivity contribution in [3.63, 3.8) is 0 Å². The van der Waals surface area contributed by atoms with Gasteiger partial charge in [0.05, 0.1) is 12.4 Å². The minimum absolute atomic E-state index is 0.0145. The highest BCUT2D eigenvalue weighted by Gasteiger charge is 2.10. The van der Waals surface area contributed by atoms with Gasteiger partial charge in [-0.05, 0) is 24.6 Å². The molecule has 0 saturated heterocycles. The molecule has 112 valence electrons. The second-order valence-electron chi connectivity index (χ2n) is 4.56. The number of nitrogens with one attached hydrogen (secondary N) is 1. The number of hydrogen-bond acceptors (Lipinski definition) is 4. The Morgan fingerprint density at radius 2 is 2.10 bits per heavy atom. The van der Waals surface area contributed by atoms with E-state index in [2.05, 4.69) is 5.32 Å². The first kappa shape index (κ1) is 15.3. The highest BCUT2D eigenvalue weighted by Crippen LogP contribution is 2.22. The zero-order valence-corrected chi connectivity index (χ0v) is 11.9. The van der Waals surface area contributed by atoms with E-state index in [9.17, 15) is 9.90 Å². The first-order valence-electron chi connectivity index (χ1n) is 6.87. The van der Waals surface area contributed by atoms with Crippen LogP contribution >= 0.6 is 0 Å². The molecule has 0 spiro atoms. The Morgan fingerprint density at radius 3 is 2.71 bits per heavy atom. The van der Waals surface area contributed by atoms with Gasteiger partial charge in [0, 0.05) is 18.7 Å². The average molecular weight is 289 g/mol. The van der Waals surface area contributed by atoms with E-state index in [0.29, 0.717) is 6.61 Å². The van der Waals surface area contributed by atoms with Crippen molar-refractivity contribution in [2.45, 2.75) is 13.0 Å². The lowest BCUT2D eigenvalue weighted by atomic mass is 10.1. The summed E-state index contributed by atoms with van der Waals surface area (Å²) in [5.74, 6) is 0.546. The van der Waals surface area contributed by atoms with E-state index in [1.54, 1.807) is 6.26 Å². The van der Waals surface area contributed by atoms with Crippen molar-refractivity contribution in [2.75, 3.05) is 19.8 Å². The van der Waals surface area contributed by atoms with Crippen molar-refractivity contribution in [3.05, 3.63) is 48.2 Å². The van der Waals surface area contributed by atoms with Crippen LogP contribution < -0.4 is 5.32 Å². The molecule has 0 unspecified atom stereocenters. The summed E-state index contributed by atoms with van der Waals surface area (Å²) in [7, 11) is 0. The quantitative estimate of drug-likeness (QED) is 0.819. The van der Waals surface area contributed by atoms with E-state index < -0.39 is 6.10 Å². The van der Waals surface area contributed by atoms with Gasteiger partial charge in [-0.2, -0.15) is 0 Å². The molecule has 1 aromatic carbocycles. The maximum Gasteiger partial charge on any atom is 0.246 e. The maximum absolute atomic E-state index is 11.4. The number of ether oxygens (including phenoxy) is 1. The molecule has 0 fully saturated rings. The van der Waals surface area contributed by atoms with E-state index in [-0.39, 0.29) is 19.1 Å². The Hall–Kier alpha value is -2.11. The summed E-state index contributed by atoms with van der Waals surface area (Å²) in [5.41, 5.74) is 1.68. The highest BCUT2D eigenvalue weighted by molar-refractivity contribution is 5.77. The van der Waals surface area contributed by atoms with Crippen LogP contribution in [-0.4, -0.2) is 30.8 Å². The lowest BCUT2D eigenvalue weighted by Gasteiger charge is -2.12. The van der Waals surface area contributed by atoms with Gasteiger partial charge in [0.2, 0.25) is 5.91 Å². The molecule has 1 atom stereocenters. The average Bonchev–Trinajstić information content (AvgIpc) is 3.05. The molecule has 1 amide bonds. The number of carbonyl (C=O) groups excluding carboxylic acids is 1. The van der Waals surface area contributed by atoms with Crippen LogP contribution in [0.1, 0.15) is 18.6 Å². The second-order valence-corrected chi connectivity index (χ2v) is 4.56. The maximum atomic E-state index is 11.4. The molecule has 0 aliphatic heterocycles. The Kier molecular flexibility index (Phi) is 5.54. The van der Waals surface area contributed by atoms with Crippen LogP contribution in [0.2, 0.25) is 0 Å². The van der Waals surface area contributed by atoms with Gasteiger partial charge in [-0.3, -0.25) is 4.79 Å². The Balaban J connectivity index is 1.88. The Labute approximate surface area is 123 Å². The topological polar surface area (TPSA) is 71.7 Å². The van der Waals surface area contributed by atoms with Crippen molar-refractivity contribution in [3.8, 4) is 11.3 Å². The van der Waals surface area contributed by atoms with Crippen LogP contribution in [0, 0.1) is 0 Å². The lowest BCUT2D eigenvalue weighted by Crippen LogP contribution is -2.31. The Bertz CT molecular complexity index is 548. The Morgan fingerprint density at radius 1 is 1.33 bits per heavy atom. The van der Waals surface area contributed by atoms with E-state index >= 15 is 0 Å². The van der Waals surface area contributed by atoms with Gasteiger partial charge in [-0.1, -0.05) is 24.3 Å². The number of aliphatic hydroxyl groups is 1. The molecule has 5 nitrogen and oxygen atoms in total. The second kappa shape index (κ2) is 7.61. The van der Waals surface area contributed by atoms with Crippen molar-refractivity contribution in [1.82, 2.24) is 5.32 Å². The van der Waals surface area contributed by atoms with Gasteiger partial charge in [0.15, 0.2) is 0 Å². The highest BCUT2D eigenvalue weighted by atomic mass is 16.5. The van der Waals surface area contributed by atoms with Crippen LogP contribution in [0.5, 0.6) is 0 Å². The number of amides is 1. The minimum atomic E-state index is -0.749. The third-order valence-electron chi connectivity index (χ3n) is 3.03. The minimum Gasteiger partial charge on any atom is -0.464 e. The summed E-state index contributed by atoms with van der Waals surface area (Å²) >= 11 is 0. The predicted octanol–water partition coefficient (Wildman–Crippen LogP) is 2.13. The first-order chi connectivity index (χ1) is 10.2. The largest absolute Gasteiger partial charge is 0.464 e. The van der Waals surface area contributed by atoms with Gasteiger partial charge in [-0.15, -0.1) is 0 Å². The summed E-state index contributed by atoms with van der Waals surface area (Å²) in [6.45, 7) is 2.49. The third-order valence-corrected chi connectivity index (χ3v) is 3.03. The number of carbonyl (C=O) groups is 1. The van der Waals surface area contributed by atoms with Gasteiger partial charge in [0.25, 0.3) is 0 Å². The molecule has 2 aromatic rings. The van der Waals surface area contributed by atoms with Crippen LogP contribution in [0.25, 0.3) is 11.3 Å². The zero-order valence-electron chi connectivity index (χ0n) is 11.9. The van der Waals surface area contributed by atoms with E-state index in [1.165, 1.54) is 0 Å². The molecular weight excluding hydrogens is 270 g/mol.